The molecule has 1 aromatic carbocycles. The maximum atomic E-state index is 12.7. The molecule has 4 aromatic rings. The fraction of sp³-hybridized carbons (Fsp3) is 0.280. The van der Waals surface area contributed by atoms with E-state index in [1.807, 2.05) is 39.0 Å². The number of carbonyl (C=O) groups is 1. The molecule has 1 amide bonds. The highest BCUT2D eigenvalue weighted by Crippen LogP contribution is 2.41. The standard InChI is InChI=1S/C25H25N5O2S/c1-5-32-12-15-11-27-24(13(2)3)30-21(15)18-7-6-16-17(29-18)8-9-19-20(16)22-23(33-19)25(31)28-14(4)10-26-22/h6-9,11,14,26H,2,5,10,12H2,1,3-4H3,(H,28,31)/t14-/m1/s1. The average Bonchev–Trinajstić information content (AvgIpc) is 3.13. The lowest BCUT2D eigenvalue weighted by molar-refractivity contribution is 0.0949. The Kier molecular flexibility index (Phi) is 5.55. The summed E-state index contributed by atoms with van der Waals surface area (Å²) in [5.74, 6) is 0.561. The number of allylic oxidation sites excluding steroid dienone is 1. The zero-order valence-corrected chi connectivity index (χ0v) is 19.7. The number of ether oxygens (including phenoxy) is 1. The number of thiophene rings is 1. The Labute approximate surface area is 195 Å². The van der Waals surface area contributed by atoms with Crippen LogP contribution in [0, 0.1) is 0 Å². The molecule has 0 radical (unpaired) electrons. The summed E-state index contributed by atoms with van der Waals surface area (Å²) < 4.78 is 6.69. The number of rotatable bonds is 5. The van der Waals surface area contributed by atoms with Crippen molar-refractivity contribution in [2.24, 2.45) is 0 Å². The van der Waals surface area contributed by atoms with E-state index in [2.05, 4.69) is 28.3 Å². The van der Waals surface area contributed by atoms with E-state index >= 15 is 0 Å². The van der Waals surface area contributed by atoms with Gasteiger partial charge in [0.2, 0.25) is 0 Å². The number of anilines is 1. The second kappa shape index (κ2) is 8.53. The van der Waals surface area contributed by atoms with E-state index < -0.39 is 0 Å². The average molecular weight is 460 g/mol. The molecule has 5 rings (SSSR count). The van der Waals surface area contributed by atoms with Crippen LogP contribution in [-0.2, 0) is 11.3 Å². The number of carbonyl (C=O) groups excluding carboxylic acids is 1. The second-order valence-electron chi connectivity index (χ2n) is 8.25. The molecule has 3 aromatic heterocycles. The van der Waals surface area contributed by atoms with E-state index in [-0.39, 0.29) is 11.9 Å². The Bertz CT molecular complexity index is 1410. The second-order valence-corrected chi connectivity index (χ2v) is 9.30. The number of nitrogens with one attached hydrogen (secondary N) is 2. The van der Waals surface area contributed by atoms with Crippen LogP contribution < -0.4 is 10.6 Å². The number of hydrogen-bond acceptors (Lipinski definition) is 7. The lowest BCUT2D eigenvalue weighted by atomic mass is 10.1. The van der Waals surface area contributed by atoms with Crippen LogP contribution in [0.3, 0.4) is 0 Å². The van der Waals surface area contributed by atoms with Crippen LogP contribution in [0.25, 0.3) is 38.0 Å². The molecular weight excluding hydrogens is 434 g/mol. The van der Waals surface area contributed by atoms with E-state index in [1.54, 1.807) is 6.20 Å². The maximum absolute atomic E-state index is 12.7. The van der Waals surface area contributed by atoms with Gasteiger partial charge < -0.3 is 15.4 Å². The molecule has 4 heterocycles. The Morgan fingerprint density at radius 3 is 2.91 bits per heavy atom. The summed E-state index contributed by atoms with van der Waals surface area (Å²) in [5, 5.41) is 8.55. The van der Waals surface area contributed by atoms with Gasteiger partial charge >= 0.3 is 0 Å². The van der Waals surface area contributed by atoms with Gasteiger partial charge in [0.15, 0.2) is 5.82 Å². The molecule has 0 spiro atoms. The van der Waals surface area contributed by atoms with E-state index in [0.29, 0.717) is 30.5 Å². The fourth-order valence-electron chi connectivity index (χ4n) is 4.01. The maximum Gasteiger partial charge on any atom is 0.263 e. The van der Waals surface area contributed by atoms with Crippen molar-refractivity contribution >= 4 is 49.5 Å². The van der Waals surface area contributed by atoms with Crippen molar-refractivity contribution in [3.05, 3.63) is 53.3 Å². The van der Waals surface area contributed by atoms with Crippen molar-refractivity contribution in [1.82, 2.24) is 20.3 Å². The first kappa shape index (κ1) is 21.5. The molecule has 33 heavy (non-hydrogen) atoms. The number of nitrogens with zero attached hydrogens (tertiary/aromatic N) is 3. The summed E-state index contributed by atoms with van der Waals surface area (Å²) in [4.78, 5) is 27.5. The number of benzene rings is 1. The van der Waals surface area contributed by atoms with Gasteiger partial charge in [-0.2, -0.15) is 0 Å². The number of pyridine rings is 1. The van der Waals surface area contributed by atoms with Crippen LogP contribution in [0.5, 0.6) is 0 Å². The Morgan fingerprint density at radius 2 is 2.12 bits per heavy atom. The Balaban J connectivity index is 1.67. The first-order valence-corrected chi connectivity index (χ1v) is 11.8. The molecule has 0 unspecified atom stereocenters. The lowest BCUT2D eigenvalue weighted by Crippen LogP contribution is -2.34. The monoisotopic (exact) mass is 459 g/mol. The zero-order valence-electron chi connectivity index (χ0n) is 18.9. The lowest BCUT2D eigenvalue weighted by Gasteiger charge is -2.12. The largest absolute Gasteiger partial charge is 0.381 e. The van der Waals surface area contributed by atoms with E-state index in [0.717, 1.165) is 49.2 Å². The Morgan fingerprint density at radius 1 is 1.27 bits per heavy atom. The van der Waals surface area contributed by atoms with Crippen LogP contribution >= 0.6 is 11.3 Å². The molecule has 7 nitrogen and oxygen atoms in total. The molecule has 0 saturated heterocycles. The summed E-state index contributed by atoms with van der Waals surface area (Å²) in [7, 11) is 0. The van der Waals surface area contributed by atoms with Crippen LogP contribution in [0.15, 0.2) is 37.0 Å². The SMILES string of the molecule is C=C(C)c1ncc(COCC)c(-c2ccc3c(ccc4sc5c(c43)NC[C@@H](C)NC5=O)n2)n1. The number of hydrogen-bond donors (Lipinski definition) is 2. The van der Waals surface area contributed by atoms with Crippen LogP contribution in [-0.4, -0.2) is 40.1 Å². The van der Waals surface area contributed by atoms with E-state index in [1.165, 1.54) is 11.3 Å². The van der Waals surface area contributed by atoms with E-state index in [4.69, 9.17) is 14.7 Å². The number of amides is 1. The van der Waals surface area contributed by atoms with Gasteiger partial charge in [-0.15, -0.1) is 11.3 Å². The highest BCUT2D eigenvalue weighted by Gasteiger charge is 2.25. The fourth-order valence-corrected chi connectivity index (χ4v) is 5.11. The van der Waals surface area contributed by atoms with Gasteiger partial charge in [0, 0.05) is 46.4 Å². The molecular formula is C25H25N5O2S. The van der Waals surface area contributed by atoms with Crippen molar-refractivity contribution in [2.75, 3.05) is 18.5 Å². The molecule has 2 N–H and O–H groups in total. The molecule has 0 aliphatic carbocycles. The van der Waals surface area contributed by atoms with E-state index in [9.17, 15) is 4.79 Å². The van der Waals surface area contributed by atoms with Gasteiger partial charge in [0.1, 0.15) is 4.88 Å². The molecule has 8 heteroatoms. The van der Waals surface area contributed by atoms with Crippen molar-refractivity contribution < 1.29 is 9.53 Å². The third-order valence-electron chi connectivity index (χ3n) is 5.64. The quantitative estimate of drug-likeness (QED) is 0.436. The van der Waals surface area contributed by atoms with Gasteiger partial charge in [0.05, 0.1) is 29.2 Å². The molecule has 1 aliphatic rings. The minimum absolute atomic E-state index is 0.0321. The van der Waals surface area contributed by atoms with Gasteiger partial charge in [-0.1, -0.05) is 6.58 Å². The summed E-state index contributed by atoms with van der Waals surface area (Å²) in [6.07, 6.45) is 1.79. The number of fused-ring (bicyclic) bond motifs is 5. The third kappa shape index (κ3) is 3.85. The van der Waals surface area contributed by atoms with Gasteiger partial charge in [-0.05, 0) is 50.6 Å². The molecule has 1 aliphatic heterocycles. The van der Waals surface area contributed by atoms with Crippen molar-refractivity contribution in [1.29, 1.82) is 0 Å². The zero-order chi connectivity index (χ0) is 23.1. The van der Waals surface area contributed by atoms with Gasteiger partial charge in [-0.3, -0.25) is 4.79 Å². The van der Waals surface area contributed by atoms with Crippen LogP contribution in [0.4, 0.5) is 5.69 Å². The van der Waals surface area contributed by atoms with Crippen LogP contribution in [0.1, 0.15) is 41.8 Å². The van der Waals surface area contributed by atoms with Gasteiger partial charge in [0.25, 0.3) is 5.91 Å². The first-order chi connectivity index (χ1) is 16.0. The highest BCUT2D eigenvalue weighted by molar-refractivity contribution is 7.21. The predicted molar refractivity (Wildman–Crippen MR) is 134 cm³/mol. The minimum atomic E-state index is -0.0321. The summed E-state index contributed by atoms with van der Waals surface area (Å²) in [6.45, 7) is 11.5. The van der Waals surface area contributed by atoms with Crippen LogP contribution in [0.2, 0.25) is 0 Å². The molecule has 0 fully saturated rings. The highest BCUT2D eigenvalue weighted by atomic mass is 32.1. The van der Waals surface area contributed by atoms with Gasteiger partial charge in [-0.25, -0.2) is 15.0 Å². The van der Waals surface area contributed by atoms with Crippen molar-refractivity contribution in [3.63, 3.8) is 0 Å². The molecule has 0 saturated carbocycles. The minimum Gasteiger partial charge on any atom is -0.381 e. The number of aromatic nitrogens is 3. The molecule has 168 valence electrons. The smallest absolute Gasteiger partial charge is 0.263 e. The third-order valence-corrected chi connectivity index (χ3v) is 6.80. The summed E-state index contributed by atoms with van der Waals surface area (Å²) >= 11 is 1.51. The molecule has 0 bridgehead atoms. The first-order valence-electron chi connectivity index (χ1n) is 11.0. The van der Waals surface area contributed by atoms with Crippen molar-refractivity contribution in [2.45, 2.75) is 33.4 Å². The normalized spacial score (nSPS) is 15.7. The topological polar surface area (TPSA) is 89.0 Å². The Hall–Kier alpha value is -3.36. The van der Waals surface area contributed by atoms with Crippen molar-refractivity contribution in [3.8, 4) is 11.4 Å². The summed E-state index contributed by atoms with van der Waals surface area (Å²) in [6, 6.07) is 8.14. The molecule has 1 atom stereocenters. The predicted octanol–water partition coefficient (Wildman–Crippen LogP) is 5.02. The summed E-state index contributed by atoms with van der Waals surface area (Å²) in [5.41, 5.74) is 4.90.